The zero-order valence-electron chi connectivity index (χ0n) is 11.5. The highest BCUT2D eigenvalue weighted by Crippen LogP contribution is 2.28. The molecule has 1 atom stereocenters. The van der Waals surface area contributed by atoms with Crippen LogP contribution in [-0.2, 0) is 23.9 Å². The lowest BCUT2D eigenvalue weighted by Gasteiger charge is -2.25. The number of Topliss-reactive ketones (excluding diaryl/α,β-unsaturated/α-hetero) is 1. The zero-order chi connectivity index (χ0) is 16.6. The van der Waals surface area contributed by atoms with E-state index in [0.717, 1.165) is 6.92 Å². The van der Waals surface area contributed by atoms with Gasteiger partial charge in [-0.05, 0) is 6.92 Å². The molecule has 0 N–H and O–H groups in total. The summed E-state index contributed by atoms with van der Waals surface area (Å²) >= 11 is 0. The number of hydrogen-bond donors (Lipinski definition) is 0. The average molecular weight is 316 g/mol. The van der Waals surface area contributed by atoms with E-state index < -0.39 is 55.4 Å². The van der Waals surface area contributed by atoms with Gasteiger partial charge < -0.3 is 9.47 Å². The highest BCUT2D eigenvalue weighted by Gasteiger charge is 2.42. The first-order valence-electron chi connectivity index (χ1n) is 6.17. The third-order valence-electron chi connectivity index (χ3n) is 2.44. The lowest BCUT2D eigenvalue weighted by molar-refractivity contribution is -0.181. The Morgan fingerprint density at radius 3 is 2.10 bits per heavy atom. The molecule has 5 nitrogen and oxygen atoms in total. The van der Waals surface area contributed by atoms with Crippen LogP contribution in [0.2, 0.25) is 0 Å². The molecule has 0 saturated heterocycles. The molecule has 0 aromatic heterocycles. The molecule has 0 aromatic rings. The normalized spacial score (nSPS) is 12.9. The molecule has 0 aliphatic heterocycles. The van der Waals surface area contributed by atoms with E-state index in [1.807, 2.05) is 0 Å². The van der Waals surface area contributed by atoms with Crippen molar-refractivity contribution in [2.45, 2.75) is 51.6 Å². The molecule has 0 fully saturated rings. The Balaban J connectivity index is 4.79. The van der Waals surface area contributed by atoms with Crippen LogP contribution in [0, 0.1) is 0 Å². The van der Waals surface area contributed by atoms with E-state index in [4.69, 9.17) is 0 Å². The summed E-state index contributed by atoms with van der Waals surface area (Å²) in [6.45, 7) is 2.50. The summed E-state index contributed by atoms with van der Waals surface area (Å²) in [6, 6.07) is 0. The summed E-state index contributed by atoms with van der Waals surface area (Å²) in [7, 11) is 0. The van der Waals surface area contributed by atoms with Gasteiger partial charge in [0.05, 0.1) is 13.0 Å². The molecule has 0 aliphatic carbocycles. The second-order valence-electron chi connectivity index (χ2n) is 4.05. The van der Waals surface area contributed by atoms with Gasteiger partial charge in [-0.1, -0.05) is 6.92 Å². The van der Waals surface area contributed by atoms with Gasteiger partial charge in [-0.25, -0.2) is 17.6 Å². The monoisotopic (exact) mass is 316 g/mol. The largest absolute Gasteiger partial charge is 0.466 e. The van der Waals surface area contributed by atoms with Crippen molar-refractivity contribution < 1.29 is 41.4 Å². The van der Waals surface area contributed by atoms with Crippen LogP contribution >= 0.6 is 0 Å². The van der Waals surface area contributed by atoms with Gasteiger partial charge in [-0.3, -0.25) is 14.4 Å². The maximum Gasteiger partial charge on any atom is 0.314 e. The van der Waals surface area contributed by atoms with Crippen LogP contribution < -0.4 is 0 Å². The van der Waals surface area contributed by atoms with Crippen molar-refractivity contribution in [3.05, 3.63) is 0 Å². The Labute approximate surface area is 118 Å². The highest BCUT2D eigenvalue weighted by atomic mass is 19.3. The van der Waals surface area contributed by atoms with Crippen molar-refractivity contribution in [1.82, 2.24) is 0 Å². The predicted octanol–water partition coefficient (Wildman–Crippen LogP) is 2.12. The molecule has 21 heavy (non-hydrogen) atoms. The summed E-state index contributed by atoms with van der Waals surface area (Å²) in [5, 5.41) is 0. The molecule has 0 amide bonds. The van der Waals surface area contributed by atoms with Gasteiger partial charge in [0.15, 0.2) is 6.10 Å². The fraction of sp³-hybridized carbons (Fsp3) is 0.750. The predicted molar refractivity (Wildman–Crippen MR) is 62.0 cm³/mol. The van der Waals surface area contributed by atoms with Crippen molar-refractivity contribution in [2.75, 3.05) is 6.61 Å². The number of hydrogen-bond acceptors (Lipinski definition) is 5. The fourth-order valence-corrected chi connectivity index (χ4v) is 1.30. The number of carbonyl (C=O) groups excluding carboxylic acids is 3. The Morgan fingerprint density at radius 2 is 1.67 bits per heavy atom. The van der Waals surface area contributed by atoms with Crippen LogP contribution in [0.25, 0.3) is 0 Å². The Hall–Kier alpha value is -1.67. The summed E-state index contributed by atoms with van der Waals surface area (Å²) in [5.74, 6) is -7.85. The molecular weight excluding hydrogens is 300 g/mol. The molecule has 0 spiro atoms. The van der Waals surface area contributed by atoms with Crippen LogP contribution in [0.15, 0.2) is 0 Å². The van der Waals surface area contributed by atoms with Crippen LogP contribution in [0.1, 0.15) is 33.1 Å². The average Bonchev–Trinajstić information content (AvgIpc) is 2.37. The molecule has 0 radical (unpaired) electrons. The van der Waals surface area contributed by atoms with Crippen LogP contribution in [0.3, 0.4) is 0 Å². The number of carbonyl (C=O) groups is 3. The Bertz CT molecular complexity index is 384. The van der Waals surface area contributed by atoms with E-state index in [0.29, 0.717) is 0 Å². The minimum Gasteiger partial charge on any atom is -0.466 e. The molecule has 0 rings (SSSR count). The first-order chi connectivity index (χ1) is 9.63. The molecule has 0 bridgehead atoms. The van der Waals surface area contributed by atoms with Crippen molar-refractivity contribution in [2.24, 2.45) is 0 Å². The Kier molecular flexibility index (Phi) is 7.90. The fourth-order valence-electron chi connectivity index (χ4n) is 1.30. The third-order valence-corrected chi connectivity index (χ3v) is 2.44. The first-order valence-corrected chi connectivity index (χ1v) is 6.17. The first kappa shape index (κ1) is 19.3. The third kappa shape index (κ3) is 7.05. The molecule has 0 aromatic carbocycles. The molecule has 9 heteroatoms. The highest BCUT2D eigenvalue weighted by molar-refractivity contribution is 5.97. The topological polar surface area (TPSA) is 69.7 Å². The minimum absolute atomic E-state index is 0.0545. The zero-order valence-corrected chi connectivity index (χ0v) is 11.5. The van der Waals surface area contributed by atoms with Gasteiger partial charge in [-0.15, -0.1) is 0 Å². The molecule has 0 heterocycles. The summed E-state index contributed by atoms with van der Waals surface area (Å²) < 4.78 is 59.8. The summed E-state index contributed by atoms with van der Waals surface area (Å²) in [4.78, 5) is 33.1. The van der Waals surface area contributed by atoms with Crippen molar-refractivity contribution in [1.29, 1.82) is 0 Å². The van der Waals surface area contributed by atoms with Gasteiger partial charge in [0.1, 0.15) is 6.42 Å². The maximum absolute atomic E-state index is 13.6. The van der Waals surface area contributed by atoms with E-state index in [1.165, 1.54) is 6.92 Å². The molecule has 122 valence electrons. The van der Waals surface area contributed by atoms with Gasteiger partial charge in [0.25, 0.3) is 12.3 Å². The maximum atomic E-state index is 13.6. The molecule has 0 saturated carbocycles. The van der Waals surface area contributed by atoms with Gasteiger partial charge >= 0.3 is 11.9 Å². The molecule has 0 aliphatic rings. The van der Waals surface area contributed by atoms with Crippen LogP contribution in [0.5, 0.6) is 0 Å². The van der Waals surface area contributed by atoms with E-state index in [9.17, 15) is 31.9 Å². The summed E-state index contributed by atoms with van der Waals surface area (Å²) in [5.41, 5.74) is 0. The van der Waals surface area contributed by atoms with E-state index in [-0.39, 0.29) is 6.61 Å². The molecular formula is C12H16F4O5. The van der Waals surface area contributed by atoms with Gasteiger partial charge in [-0.2, -0.15) is 0 Å². The lowest BCUT2D eigenvalue weighted by Crippen LogP contribution is -2.39. The van der Waals surface area contributed by atoms with Crippen molar-refractivity contribution in [3.8, 4) is 0 Å². The Morgan fingerprint density at radius 1 is 1.10 bits per heavy atom. The number of rotatable bonds is 9. The van der Waals surface area contributed by atoms with E-state index in [1.54, 1.807) is 0 Å². The van der Waals surface area contributed by atoms with Crippen LogP contribution in [0.4, 0.5) is 17.6 Å². The number of halogens is 4. The standard InChI is InChI=1S/C12H16F4O5/c1-3-12(15,16)8(6-9(18)20-4-2)21-10(19)5-7(17)11(13)14/h8,11H,3-6H2,1-2H3. The number of ether oxygens (including phenoxy) is 2. The summed E-state index contributed by atoms with van der Waals surface area (Å²) in [6.07, 6.45) is -8.57. The van der Waals surface area contributed by atoms with Crippen molar-refractivity contribution in [3.63, 3.8) is 0 Å². The minimum atomic E-state index is -3.55. The quantitative estimate of drug-likeness (QED) is 0.370. The molecule has 1 unspecified atom stereocenters. The van der Waals surface area contributed by atoms with E-state index in [2.05, 4.69) is 9.47 Å². The second-order valence-corrected chi connectivity index (χ2v) is 4.05. The number of esters is 2. The van der Waals surface area contributed by atoms with Crippen molar-refractivity contribution >= 4 is 17.7 Å². The van der Waals surface area contributed by atoms with Crippen LogP contribution in [-0.4, -0.2) is 42.8 Å². The van der Waals surface area contributed by atoms with Gasteiger partial charge in [0.2, 0.25) is 5.78 Å². The van der Waals surface area contributed by atoms with E-state index >= 15 is 0 Å². The second kappa shape index (κ2) is 8.58. The SMILES string of the molecule is CCOC(=O)CC(OC(=O)CC(=O)C(F)F)C(F)(F)CC. The lowest BCUT2D eigenvalue weighted by atomic mass is 10.1. The number of alkyl halides is 4. The smallest absolute Gasteiger partial charge is 0.314 e. The number of ketones is 1. The van der Waals surface area contributed by atoms with Gasteiger partial charge in [0, 0.05) is 6.42 Å².